The first kappa shape index (κ1) is 10.9. The molecule has 1 nitrogen and oxygen atoms in total. The Hall–Kier alpha value is -1.15. The molecule has 1 aromatic carbocycles. The van der Waals surface area contributed by atoms with E-state index in [2.05, 4.69) is 18.7 Å². The molecule has 0 fully saturated rings. The van der Waals surface area contributed by atoms with Crippen molar-refractivity contribution < 1.29 is 0 Å². The van der Waals surface area contributed by atoms with Gasteiger partial charge in [-0.15, -0.1) is 0 Å². The van der Waals surface area contributed by atoms with E-state index in [0.717, 1.165) is 11.3 Å². The molecular formula is C12H15NS. The zero-order valence-electron chi connectivity index (χ0n) is 8.58. The average Bonchev–Trinajstić information content (AvgIpc) is 2.19. The number of thioether (sulfide) groups is 1. The second-order valence-electron chi connectivity index (χ2n) is 3.01. The van der Waals surface area contributed by atoms with Crippen LogP contribution in [0.25, 0.3) is 4.91 Å². The van der Waals surface area contributed by atoms with Gasteiger partial charge in [-0.1, -0.05) is 30.5 Å². The minimum Gasteiger partial charge on any atom is -0.399 e. The molecule has 1 rings (SSSR count). The number of hydrogen-bond donors (Lipinski definition) is 1. The highest BCUT2D eigenvalue weighted by molar-refractivity contribution is 8.10. The zero-order chi connectivity index (χ0) is 10.6. The Morgan fingerprint density at radius 3 is 2.71 bits per heavy atom. The van der Waals surface area contributed by atoms with Crippen molar-refractivity contribution in [3.8, 4) is 0 Å². The molecule has 0 atom stereocenters. The summed E-state index contributed by atoms with van der Waals surface area (Å²) in [5, 5.41) is 1.83. The summed E-state index contributed by atoms with van der Waals surface area (Å²) in [6, 6.07) is 6.08. The van der Waals surface area contributed by atoms with E-state index in [1.54, 1.807) is 11.8 Å². The van der Waals surface area contributed by atoms with Gasteiger partial charge >= 0.3 is 0 Å². The summed E-state index contributed by atoms with van der Waals surface area (Å²) in [6.07, 6.45) is 2.08. The summed E-state index contributed by atoms with van der Waals surface area (Å²) in [5.41, 5.74) is 8.91. The number of benzene rings is 1. The molecule has 0 bridgehead atoms. The predicted octanol–water partition coefficient (Wildman–Crippen LogP) is 3.81. The van der Waals surface area contributed by atoms with Gasteiger partial charge in [-0.3, -0.25) is 0 Å². The lowest BCUT2D eigenvalue weighted by molar-refractivity contribution is 1.45. The number of nitrogens with two attached hydrogens (primary N) is 1. The van der Waals surface area contributed by atoms with Crippen molar-refractivity contribution in [2.75, 3.05) is 5.73 Å². The van der Waals surface area contributed by atoms with Crippen LogP contribution in [0.15, 0.2) is 36.3 Å². The van der Waals surface area contributed by atoms with Gasteiger partial charge in [-0.05, 0) is 42.5 Å². The Kier molecular flexibility index (Phi) is 3.84. The van der Waals surface area contributed by atoms with Crippen LogP contribution in [0.3, 0.4) is 0 Å². The van der Waals surface area contributed by atoms with Gasteiger partial charge in [-0.2, -0.15) is 0 Å². The maximum Gasteiger partial charge on any atom is 0.0344 e. The number of aryl methyl sites for hydroxylation is 1. The summed E-state index contributed by atoms with van der Waals surface area (Å²) >= 11 is 1.63. The topological polar surface area (TPSA) is 26.0 Å². The Bertz CT molecular complexity index is 367. The van der Waals surface area contributed by atoms with Gasteiger partial charge in [0, 0.05) is 10.6 Å². The molecule has 0 aliphatic rings. The molecule has 0 heterocycles. The Balaban J connectivity index is 3.06. The lowest BCUT2D eigenvalue weighted by atomic mass is 10.1. The van der Waals surface area contributed by atoms with E-state index >= 15 is 0 Å². The van der Waals surface area contributed by atoms with Gasteiger partial charge in [-0.25, -0.2) is 0 Å². The van der Waals surface area contributed by atoms with Crippen LogP contribution in [-0.4, -0.2) is 0 Å². The van der Waals surface area contributed by atoms with Gasteiger partial charge in [0.1, 0.15) is 0 Å². The van der Waals surface area contributed by atoms with E-state index in [0.29, 0.717) is 0 Å². The zero-order valence-corrected chi connectivity index (χ0v) is 9.40. The fourth-order valence-electron chi connectivity index (χ4n) is 1.22. The average molecular weight is 205 g/mol. The smallest absolute Gasteiger partial charge is 0.0344 e. The Morgan fingerprint density at radius 1 is 1.50 bits per heavy atom. The minimum absolute atomic E-state index is 0.841. The highest BCUT2D eigenvalue weighted by Crippen LogP contribution is 2.29. The minimum atomic E-state index is 0.841. The monoisotopic (exact) mass is 205 g/mol. The number of rotatable bonds is 3. The van der Waals surface area contributed by atoms with E-state index in [-0.39, 0.29) is 0 Å². The molecule has 0 saturated heterocycles. The molecule has 2 N–H and O–H groups in total. The Morgan fingerprint density at radius 2 is 2.21 bits per heavy atom. The molecule has 0 unspecified atom stereocenters. The van der Waals surface area contributed by atoms with E-state index in [4.69, 9.17) is 5.73 Å². The van der Waals surface area contributed by atoms with E-state index in [9.17, 15) is 0 Å². The van der Waals surface area contributed by atoms with Crippen LogP contribution in [0.1, 0.15) is 18.1 Å². The van der Waals surface area contributed by atoms with Crippen molar-refractivity contribution in [1.29, 1.82) is 0 Å². The molecular weight excluding hydrogens is 190 g/mol. The molecule has 0 radical (unpaired) electrons. The molecule has 2 heteroatoms. The van der Waals surface area contributed by atoms with Crippen molar-refractivity contribution in [1.82, 2.24) is 0 Å². The third-order valence-corrected chi connectivity index (χ3v) is 2.92. The van der Waals surface area contributed by atoms with Crippen molar-refractivity contribution >= 4 is 22.4 Å². The van der Waals surface area contributed by atoms with Crippen LogP contribution in [0.2, 0.25) is 0 Å². The summed E-state index contributed by atoms with van der Waals surface area (Å²) in [5.74, 6) is 0. The Labute approximate surface area is 89.7 Å². The molecule has 0 amide bonds. The summed E-state index contributed by atoms with van der Waals surface area (Å²) in [4.78, 5) is 1.21. The van der Waals surface area contributed by atoms with Crippen LogP contribution in [0, 0.1) is 6.92 Å². The third kappa shape index (κ3) is 2.42. The lowest BCUT2D eigenvalue weighted by Gasteiger charge is -2.06. The second kappa shape index (κ2) is 4.91. The van der Waals surface area contributed by atoms with E-state index < -0.39 is 0 Å². The highest BCUT2D eigenvalue weighted by atomic mass is 32.2. The van der Waals surface area contributed by atoms with Gasteiger partial charge in [0.25, 0.3) is 0 Å². The van der Waals surface area contributed by atoms with Crippen LogP contribution < -0.4 is 5.73 Å². The molecule has 0 aliphatic carbocycles. The molecule has 1 aromatic rings. The lowest BCUT2D eigenvalue weighted by Crippen LogP contribution is -1.90. The first-order valence-corrected chi connectivity index (χ1v) is 5.37. The number of nitrogen functional groups attached to an aromatic ring is 1. The first-order valence-electron chi connectivity index (χ1n) is 4.49. The second-order valence-corrected chi connectivity index (χ2v) is 4.02. The molecule has 14 heavy (non-hydrogen) atoms. The van der Waals surface area contributed by atoms with Crippen molar-refractivity contribution in [3.05, 3.63) is 47.4 Å². The predicted molar refractivity (Wildman–Crippen MR) is 67.0 cm³/mol. The molecule has 74 valence electrons. The van der Waals surface area contributed by atoms with Crippen molar-refractivity contribution in [2.45, 2.75) is 13.8 Å². The van der Waals surface area contributed by atoms with Crippen LogP contribution >= 0.6 is 11.8 Å². The SMILES string of the molecule is C=CS/C(=C\C)c1ccc(N)c(C)c1. The third-order valence-electron chi connectivity index (χ3n) is 2.03. The van der Waals surface area contributed by atoms with Crippen LogP contribution in [0.5, 0.6) is 0 Å². The molecule has 0 saturated carbocycles. The molecule has 0 aliphatic heterocycles. The first-order chi connectivity index (χ1) is 6.69. The quantitative estimate of drug-likeness (QED) is 0.759. The van der Waals surface area contributed by atoms with Gasteiger partial charge in [0.15, 0.2) is 0 Å². The van der Waals surface area contributed by atoms with Gasteiger partial charge < -0.3 is 5.73 Å². The number of anilines is 1. The fourth-order valence-corrected chi connectivity index (χ4v) is 1.80. The van der Waals surface area contributed by atoms with E-state index in [1.165, 1.54) is 10.5 Å². The van der Waals surface area contributed by atoms with E-state index in [1.807, 2.05) is 31.4 Å². The standard InChI is InChI=1S/C12H15NS/c1-4-12(14-5-2)10-6-7-11(13)9(3)8-10/h4-8H,2,13H2,1,3H3/b12-4-. The highest BCUT2D eigenvalue weighted by Gasteiger charge is 2.01. The van der Waals surface area contributed by atoms with Crippen LogP contribution in [-0.2, 0) is 0 Å². The van der Waals surface area contributed by atoms with Crippen molar-refractivity contribution in [3.63, 3.8) is 0 Å². The summed E-state index contributed by atoms with van der Waals surface area (Å²) in [7, 11) is 0. The fraction of sp³-hybridized carbons (Fsp3) is 0.167. The molecule has 0 aromatic heterocycles. The van der Waals surface area contributed by atoms with Crippen molar-refractivity contribution in [2.24, 2.45) is 0 Å². The summed E-state index contributed by atoms with van der Waals surface area (Å²) < 4.78 is 0. The number of allylic oxidation sites excluding steroid dienone is 1. The maximum absolute atomic E-state index is 5.76. The van der Waals surface area contributed by atoms with Crippen LogP contribution in [0.4, 0.5) is 5.69 Å². The van der Waals surface area contributed by atoms with Gasteiger partial charge in [0.2, 0.25) is 0 Å². The molecule has 0 spiro atoms. The largest absolute Gasteiger partial charge is 0.399 e. The maximum atomic E-state index is 5.76. The summed E-state index contributed by atoms with van der Waals surface area (Å²) in [6.45, 7) is 7.76. The normalized spacial score (nSPS) is 11.4. The number of hydrogen-bond acceptors (Lipinski definition) is 2. The van der Waals surface area contributed by atoms with Gasteiger partial charge in [0.05, 0.1) is 0 Å².